The van der Waals surface area contributed by atoms with Gasteiger partial charge in [0.05, 0.1) is 0 Å². The van der Waals surface area contributed by atoms with Crippen LogP contribution >= 0.6 is 0 Å². The summed E-state index contributed by atoms with van der Waals surface area (Å²) in [6.45, 7) is 9.93. The van der Waals surface area contributed by atoms with Gasteiger partial charge < -0.3 is 10.6 Å². The van der Waals surface area contributed by atoms with E-state index in [4.69, 9.17) is 0 Å². The van der Waals surface area contributed by atoms with Gasteiger partial charge in [-0.25, -0.2) is 0 Å². The van der Waals surface area contributed by atoms with Gasteiger partial charge in [0.25, 0.3) is 0 Å². The molecule has 0 saturated heterocycles. The summed E-state index contributed by atoms with van der Waals surface area (Å²) in [6, 6.07) is 6.02. The Hall–Kier alpha value is -1.51. The van der Waals surface area contributed by atoms with Crippen LogP contribution in [-0.2, 0) is 4.79 Å². The van der Waals surface area contributed by atoms with E-state index >= 15 is 0 Å². The highest BCUT2D eigenvalue weighted by atomic mass is 16.2. The molecule has 0 radical (unpaired) electrons. The number of benzene rings is 1. The summed E-state index contributed by atoms with van der Waals surface area (Å²) in [5, 5.41) is 6.14. The number of carbonyl (C=O) groups is 1. The number of amides is 1. The van der Waals surface area contributed by atoms with Gasteiger partial charge in [-0.1, -0.05) is 12.1 Å². The maximum Gasteiger partial charge on any atom is 0.242 e. The van der Waals surface area contributed by atoms with Crippen LogP contribution in [0.4, 0.5) is 5.69 Å². The zero-order valence-electron chi connectivity index (χ0n) is 11.3. The van der Waals surface area contributed by atoms with Crippen molar-refractivity contribution in [2.75, 3.05) is 5.32 Å². The number of hydrogen-bond donors (Lipinski definition) is 2. The third kappa shape index (κ3) is 3.77. The smallest absolute Gasteiger partial charge is 0.242 e. The second-order valence-corrected chi connectivity index (χ2v) is 4.78. The lowest BCUT2D eigenvalue weighted by atomic mass is 10.1. The van der Waals surface area contributed by atoms with Crippen LogP contribution in [-0.4, -0.2) is 18.0 Å². The van der Waals surface area contributed by atoms with Crippen molar-refractivity contribution in [1.82, 2.24) is 5.32 Å². The molecule has 1 aromatic rings. The van der Waals surface area contributed by atoms with E-state index in [1.165, 1.54) is 11.1 Å². The van der Waals surface area contributed by atoms with E-state index in [-0.39, 0.29) is 18.0 Å². The molecule has 0 saturated carbocycles. The molecule has 0 heterocycles. The fourth-order valence-corrected chi connectivity index (χ4v) is 1.62. The molecular formula is C14H22N2O. The minimum atomic E-state index is -0.224. The number of hydrogen-bond acceptors (Lipinski definition) is 2. The molecule has 0 spiro atoms. The lowest BCUT2D eigenvalue weighted by molar-refractivity contribution is -0.122. The SMILES string of the molecule is Cc1cccc(NC(C)C(=O)NC(C)C)c1C. The van der Waals surface area contributed by atoms with Crippen molar-refractivity contribution >= 4 is 11.6 Å². The molecule has 1 amide bonds. The van der Waals surface area contributed by atoms with Gasteiger partial charge in [0, 0.05) is 11.7 Å². The topological polar surface area (TPSA) is 41.1 Å². The minimum absolute atomic E-state index is 0.0286. The van der Waals surface area contributed by atoms with Crippen LogP contribution in [0.25, 0.3) is 0 Å². The molecule has 3 heteroatoms. The van der Waals surface area contributed by atoms with Crippen LogP contribution in [0.2, 0.25) is 0 Å². The van der Waals surface area contributed by atoms with Crippen LogP contribution in [0, 0.1) is 13.8 Å². The maximum atomic E-state index is 11.8. The van der Waals surface area contributed by atoms with E-state index in [1.54, 1.807) is 0 Å². The first-order valence-corrected chi connectivity index (χ1v) is 6.05. The number of anilines is 1. The van der Waals surface area contributed by atoms with Crippen molar-refractivity contribution in [2.45, 2.75) is 46.7 Å². The van der Waals surface area contributed by atoms with Gasteiger partial charge in [0.1, 0.15) is 6.04 Å². The summed E-state index contributed by atoms with van der Waals surface area (Å²) >= 11 is 0. The average Bonchev–Trinajstić information content (AvgIpc) is 2.23. The van der Waals surface area contributed by atoms with Crippen molar-refractivity contribution in [3.05, 3.63) is 29.3 Å². The van der Waals surface area contributed by atoms with Crippen LogP contribution in [0.3, 0.4) is 0 Å². The van der Waals surface area contributed by atoms with Crippen molar-refractivity contribution in [3.8, 4) is 0 Å². The Kier molecular flexibility index (Phi) is 4.55. The number of carbonyl (C=O) groups excluding carboxylic acids is 1. The second-order valence-electron chi connectivity index (χ2n) is 4.78. The lowest BCUT2D eigenvalue weighted by Gasteiger charge is -2.19. The predicted molar refractivity (Wildman–Crippen MR) is 72.3 cm³/mol. The number of aryl methyl sites for hydroxylation is 1. The number of rotatable bonds is 4. The Labute approximate surface area is 104 Å². The molecule has 1 rings (SSSR count). The third-order valence-electron chi connectivity index (χ3n) is 2.80. The van der Waals surface area contributed by atoms with Gasteiger partial charge in [-0.15, -0.1) is 0 Å². The van der Waals surface area contributed by atoms with Crippen molar-refractivity contribution < 1.29 is 4.79 Å². The molecule has 3 nitrogen and oxygen atoms in total. The fraction of sp³-hybridized carbons (Fsp3) is 0.500. The summed E-state index contributed by atoms with van der Waals surface area (Å²) < 4.78 is 0. The molecule has 0 aliphatic rings. The molecule has 17 heavy (non-hydrogen) atoms. The largest absolute Gasteiger partial charge is 0.374 e. The Balaban J connectivity index is 2.71. The standard InChI is InChI=1S/C14H22N2O/c1-9(2)15-14(17)12(5)16-13-8-6-7-10(3)11(13)4/h6-9,12,16H,1-5H3,(H,15,17). The Morgan fingerprint density at radius 3 is 2.41 bits per heavy atom. The second kappa shape index (κ2) is 5.71. The van der Waals surface area contributed by atoms with Gasteiger partial charge in [-0.3, -0.25) is 4.79 Å². The summed E-state index contributed by atoms with van der Waals surface area (Å²) in [6.07, 6.45) is 0. The Morgan fingerprint density at radius 2 is 1.82 bits per heavy atom. The molecular weight excluding hydrogens is 212 g/mol. The van der Waals surface area contributed by atoms with Crippen molar-refractivity contribution in [2.24, 2.45) is 0 Å². The lowest BCUT2D eigenvalue weighted by Crippen LogP contribution is -2.41. The normalized spacial score (nSPS) is 12.4. The maximum absolute atomic E-state index is 11.8. The molecule has 0 fully saturated rings. The highest BCUT2D eigenvalue weighted by Crippen LogP contribution is 2.18. The first-order chi connectivity index (χ1) is 7.91. The van der Waals surface area contributed by atoms with E-state index in [2.05, 4.69) is 30.5 Å². The first kappa shape index (κ1) is 13.6. The minimum Gasteiger partial charge on any atom is -0.374 e. The third-order valence-corrected chi connectivity index (χ3v) is 2.80. The zero-order chi connectivity index (χ0) is 13.0. The summed E-state index contributed by atoms with van der Waals surface area (Å²) in [5.74, 6) is 0.0286. The monoisotopic (exact) mass is 234 g/mol. The first-order valence-electron chi connectivity index (χ1n) is 6.05. The molecule has 1 unspecified atom stereocenters. The summed E-state index contributed by atoms with van der Waals surface area (Å²) in [4.78, 5) is 11.8. The molecule has 0 aliphatic heterocycles. The number of nitrogens with one attached hydrogen (secondary N) is 2. The van der Waals surface area contributed by atoms with Crippen LogP contribution < -0.4 is 10.6 Å². The van der Waals surface area contributed by atoms with Crippen molar-refractivity contribution in [3.63, 3.8) is 0 Å². The van der Waals surface area contributed by atoms with E-state index in [0.717, 1.165) is 5.69 Å². The van der Waals surface area contributed by atoms with Crippen LogP contribution in [0.15, 0.2) is 18.2 Å². The van der Waals surface area contributed by atoms with Gasteiger partial charge in [-0.05, 0) is 51.8 Å². The quantitative estimate of drug-likeness (QED) is 0.841. The molecule has 1 aromatic carbocycles. The molecule has 2 N–H and O–H groups in total. The zero-order valence-corrected chi connectivity index (χ0v) is 11.3. The van der Waals surface area contributed by atoms with Gasteiger partial charge in [-0.2, -0.15) is 0 Å². The van der Waals surface area contributed by atoms with Crippen LogP contribution in [0.1, 0.15) is 31.9 Å². The average molecular weight is 234 g/mol. The van der Waals surface area contributed by atoms with Gasteiger partial charge in [0.2, 0.25) is 5.91 Å². The Morgan fingerprint density at radius 1 is 1.18 bits per heavy atom. The molecule has 94 valence electrons. The van der Waals surface area contributed by atoms with Gasteiger partial charge >= 0.3 is 0 Å². The molecule has 0 bridgehead atoms. The highest BCUT2D eigenvalue weighted by molar-refractivity contribution is 5.84. The Bertz CT molecular complexity index is 399. The molecule has 0 aliphatic carbocycles. The predicted octanol–water partition coefficient (Wildman–Crippen LogP) is 2.63. The van der Waals surface area contributed by atoms with Crippen LogP contribution in [0.5, 0.6) is 0 Å². The summed E-state index contributed by atoms with van der Waals surface area (Å²) in [5.41, 5.74) is 3.44. The van der Waals surface area contributed by atoms with Gasteiger partial charge in [0.15, 0.2) is 0 Å². The highest BCUT2D eigenvalue weighted by Gasteiger charge is 2.14. The van der Waals surface area contributed by atoms with E-state index in [0.29, 0.717) is 0 Å². The van der Waals surface area contributed by atoms with Crippen molar-refractivity contribution in [1.29, 1.82) is 0 Å². The van der Waals surface area contributed by atoms with E-state index in [1.807, 2.05) is 32.9 Å². The molecule has 1 atom stereocenters. The fourth-order valence-electron chi connectivity index (χ4n) is 1.62. The van der Waals surface area contributed by atoms with E-state index < -0.39 is 0 Å². The summed E-state index contributed by atoms with van der Waals surface area (Å²) in [7, 11) is 0. The molecule has 0 aromatic heterocycles. The van der Waals surface area contributed by atoms with E-state index in [9.17, 15) is 4.79 Å².